The van der Waals surface area contributed by atoms with E-state index in [0.717, 1.165) is 49.7 Å². The zero-order valence-electron chi connectivity index (χ0n) is 25.1. The third-order valence-electron chi connectivity index (χ3n) is 7.48. The maximum absolute atomic E-state index is 15.2. The largest absolute Gasteiger partial charge is 0.454 e. The molecule has 0 atom stereocenters. The lowest BCUT2D eigenvalue weighted by molar-refractivity contribution is -0.189. The van der Waals surface area contributed by atoms with E-state index in [-0.39, 0.29) is 11.5 Å². The Morgan fingerprint density at radius 2 is 1.07 bits per heavy atom. The summed E-state index contributed by atoms with van der Waals surface area (Å²) < 4.78 is 70.0. The highest BCUT2D eigenvalue weighted by atomic mass is 19.3. The Balaban J connectivity index is 1.55. The Bertz CT molecular complexity index is 1180. The van der Waals surface area contributed by atoms with Crippen LogP contribution in [0.3, 0.4) is 0 Å². The zero-order valence-corrected chi connectivity index (χ0v) is 25.1. The number of benzene rings is 3. The average molecular weight is 586 g/mol. The minimum Gasteiger partial charge on any atom is -0.454 e. The zero-order chi connectivity index (χ0) is 30.2. The second kappa shape index (κ2) is 17.8. The molecule has 2 nitrogen and oxygen atoms in total. The molecular formula is C36H45F4O2. The lowest BCUT2D eigenvalue weighted by atomic mass is 10.0. The van der Waals surface area contributed by atoms with E-state index in [1.54, 1.807) is 24.3 Å². The molecule has 0 fully saturated rings. The van der Waals surface area contributed by atoms with E-state index in [0.29, 0.717) is 6.07 Å². The molecular weight excluding hydrogens is 540 g/mol. The molecule has 0 N–H and O–H groups in total. The molecule has 0 saturated heterocycles. The van der Waals surface area contributed by atoms with Crippen molar-refractivity contribution in [2.75, 3.05) is 0 Å². The van der Waals surface area contributed by atoms with Gasteiger partial charge in [-0.3, -0.25) is 0 Å². The monoisotopic (exact) mass is 585 g/mol. The van der Waals surface area contributed by atoms with E-state index in [9.17, 15) is 4.39 Å². The first-order valence-electron chi connectivity index (χ1n) is 15.7. The Morgan fingerprint density at radius 3 is 1.57 bits per heavy atom. The maximum atomic E-state index is 15.2. The minimum atomic E-state index is -4.26. The molecule has 42 heavy (non-hydrogen) atoms. The minimum absolute atomic E-state index is 0.181. The van der Waals surface area contributed by atoms with Gasteiger partial charge >= 0.3 is 6.11 Å². The number of hydrogen-bond donors (Lipinski definition) is 0. The van der Waals surface area contributed by atoms with Crippen LogP contribution < -0.4 is 9.47 Å². The summed E-state index contributed by atoms with van der Waals surface area (Å²) >= 11 is 0. The van der Waals surface area contributed by atoms with E-state index in [2.05, 4.69) is 19.9 Å². The first-order valence-corrected chi connectivity index (χ1v) is 15.7. The molecule has 6 heteroatoms. The fourth-order valence-corrected chi connectivity index (χ4v) is 4.98. The van der Waals surface area contributed by atoms with Crippen LogP contribution in [0.4, 0.5) is 17.6 Å². The van der Waals surface area contributed by atoms with Crippen LogP contribution in [0.2, 0.25) is 0 Å². The van der Waals surface area contributed by atoms with Crippen LogP contribution in [0.15, 0.2) is 54.6 Å². The first-order chi connectivity index (χ1) is 20.3. The molecule has 0 aliphatic carbocycles. The highest BCUT2D eigenvalue weighted by Crippen LogP contribution is 2.39. The second-order valence-corrected chi connectivity index (χ2v) is 11.1. The molecule has 0 bridgehead atoms. The van der Waals surface area contributed by atoms with Crippen LogP contribution in [0, 0.1) is 17.7 Å². The molecule has 3 aromatic carbocycles. The lowest BCUT2D eigenvalue weighted by Crippen LogP contribution is -2.25. The summed E-state index contributed by atoms with van der Waals surface area (Å²) in [7, 11) is 0. The van der Waals surface area contributed by atoms with Crippen molar-refractivity contribution >= 4 is 0 Å². The van der Waals surface area contributed by atoms with Crippen LogP contribution in [0.25, 0.3) is 0 Å². The van der Waals surface area contributed by atoms with Crippen LogP contribution >= 0.6 is 0 Å². The van der Waals surface area contributed by atoms with Crippen LogP contribution in [-0.4, -0.2) is 0 Å². The van der Waals surface area contributed by atoms with Crippen molar-refractivity contribution in [3.05, 3.63) is 89.0 Å². The van der Waals surface area contributed by atoms with Crippen molar-refractivity contribution in [3.8, 4) is 17.2 Å². The van der Waals surface area contributed by atoms with Crippen molar-refractivity contribution in [3.63, 3.8) is 0 Å². The number of rotatable bonds is 20. The van der Waals surface area contributed by atoms with Gasteiger partial charge in [0.05, 0.1) is 0 Å². The molecule has 1 radical (unpaired) electrons. The van der Waals surface area contributed by atoms with E-state index in [1.165, 1.54) is 69.9 Å². The predicted octanol–water partition coefficient (Wildman–Crippen LogP) is 11.9. The van der Waals surface area contributed by atoms with Crippen molar-refractivity contribution in [1.82, 2.24) is 0 Å². The van der Waals surface area contributed by atoms with E-state index in [1.807, 2.05) is 12.1 Å². The summed E-state index contributed by atoms with van der Waals surface area (Å²) in [5, 5.41) is 0. The van der Waals surface area contributed by atoms with E-state index < -0.39 is 29.1 Å². The highest BCUT2D eigenvalue weighted by Gasteiger charge is 2.42. The van der Waals surface area contributed by atoms with E-state index in [4.69, 9.17) is 9.47 Å². The van der Waals surface area contributed by atoms with Gasteiger partial charge in [-0.25, -0.2) is 8.78 Å². The van der Waals surface area contributed by atoms with Gasteiger partial charge in [0.25, 0.3) is 0 Å². The van der Waals surface area contributed by atoms with Crippen molar-refractivity contribution in [1.29, 1.82) is 0 Å². The van der Waals surface area contributed by atoms with Gasteiger partial charge < -0.3 is 9.47 Å². The Kier molecular flexibility index (Phi) is 14.2. The predicted molar refractivity (Wildman–Crippen MR) is 161 cm³/mol. The standard InChI is InChI=1S/C36H45F4O2/c1-3-5-7-9-10-11-13-15-17-29-20-24-31(25-21-29)42-36(39,40)34-32(37)26-27-33(35(34)38)41-30-22-18-28(19-23-30)16-14-12-8-6-4-2/h18-26H,3-17H2,1-2H3. The summed E-state index contributed by atoms with van der Waals surface area (Å²) in [5.41, 5.74) is 0.594. The summed E-state index contributed by atoms with van der Waals surface area (Å²) in [5.74, 6) is -3.57. The summed E-state index contributed by atoms with van der Waals surface area (Å²) in [6, 6.07) is 16.1. The third kappa shape index (κ3) is 11.0. The lowest BCUT2D eigenvalue weighted by Gasteiger charge is -2.20. The smallest absolute Gasteiger partial charge is 0.432 e. The van der Waals surface area contributed by atoms with Crippen LogP contribution in [-0.2, 0) is 19.0 Å². The molecule has 229 valence electrons. The molecule has 0 amide bonds. The summed E-state index contributed by atoms with van der Waals surface area (Å²) in [6.07, 6.45) is 13.0. The van der Waals surface area contributed by atoms with Gasteiger partial charge in [-0.05, 0) is 67.1 Å². The molecule has 0 heterocycles. The van der Waals surface area contributed by atoms with Gasteiger partial charge in [0.1, 0.15) is 22.9 Å². The second-order valence-electron chi connectivity index (χ2n) is 11.1. The Morgan fingerprint density at radius 1 is 0.619 bits per heavy atom. The van der Waals surface area contributed by atoms with E-state index >= 15 is 13.2 Å². The molecule has 0 saturated carbocycles. The Hall–Kier alpha value is -3.02. The number of halogens is 4. The fourth-order valence-electron chi connectivity index (χ4n) is 4.98. The molecule has 0 spiro atoms. The number of hydrogen-bond acceptors (Lipinski definition) is 2. The average Bonchev–Trinajstić information content (AvgIpc) is 2.97. The van der Waals surface area contributed by atoms with Gasteiger partial charge in [-0.2, -0.15) is 8.78 Å². The molecule has 0 aromatic heterocycles. The van der Waals surface area contributed by atoms with Crippen molar-refractivity contribution in [2.45, 2.75) is 116 Å². The summed E-state index contributed by atoms with van der Waals surface area (Å²) in [4.78, 5) is 0. The van der Waals surface area contributed by atoms with Crippen LogP contribution in [0.5, 0.6) is 17.2 Å². The number of alkyl halides is 2. The third-order valence-corrected chi connectivity index (χ3v) is 7.48. The normalized spacial score (nSPS) is 11.6. The Labute approximate surface area is 249 Å². The quantitative estimate of drug-likeness (QED) is 0.0970. The van der Waals surface area contributed by atoms with Gasteiger partial charge in [-0.1, -0.05) is 109 Å². The maximum Gasteiger partial charge on any atom is 0.432 e. The number of ether oxygens (including phenoxy) is 2. The van der Waals surface area contributed by atoms with Gasteiger partial charge in [0, 0.05) is 6.07 Å². The van der Waals surface area contributed by atoms with Gasteiger partial charge in [0.2, 0.25) is 0 Å². The van der Waals surface area contributed by atoms with Crippen molar-refractivity contribution < 1.29 is 27.0 Å². The van der Waals surface area contributed by atoms with Crippen molar-refractivity contribution in [2.24, 2.45) is 0 Å². The molecule has 3 rings (SSSR count). The highest BCUT2D eigenvalue weighted by molar-refractivity contribution is 5.38. The molecule has 0 aliphatic rings. The number of aryl methyl sites for hydroxylation is 2. The van der Waals surface area contributed by atoms with Crippen LogP contribution in [0.1, 0.15) is 114 Å². The topological polar surface area (TPSA) is 18.5 Å². The molecule has 0 unspecified atom stereocenters. The first kappa shape index (κ1) is 33.5. The summed E-state index contributed by atoms with van der Waals surface area (Å²) in [6.45, 7) is 4.38. The molecule has 3 aromatic rings. The molecule has 0 aliphatic heterocycles. The fraction of sp³-hybridized carbons (Fsp3) is 0.500. The number of unbranched alkanes of at least 4 members (excludes halogenated alkanes) is 11. The SMILES string of the molecule is CCCCCCCCCCc1ccc(OC(F)(F)c2c(F)c[c]c(Oc3ccc(CCCCCCC)cc3)c2F)cc1. The van der Waals surface area contributed by atoms with Gasteiger partial charge in [0.15, 0.2) is 11.6 Å². The van der Waals surface area contributed by atoms with Gasteiger partial charge in [-0.15, -0.1) is 0 Å².